The molecule has 0 fully saturated rings. The minimum absolute atomic E-state index is 0.215. The van der Waals surface area contributed by atoms with Crippen LogP contribution in [0.2, 0.25) is 0 Å². The molecule has 1 aromatic rings. The Morgan fingerprint density at radius 2 is 1.60 bits per heavy atom. The second-order valence-corrected chi connectivity index (χ2v) is 5.68. The standard InChI is InChI=1S/C15H20N2O3/c1-10-5-7-11(8-6-10)13(19)14(20)16-9-12(18)17-15(2,3)4/h5-8H,9H2,1-4H3,(H,16,20)(H,17,18). The van der Waals surface area contributed by atoms with Crippen molar-refractivity contribution in [1.29, 1.82) is 0 Å². The van der Waals surface area contributed by atoms with Crippen LogP contribution in [-0.4, -0.2) is 29.7 Å². The average Bonchev–Trinajstić information content (AvgIpc) is 2.34. The lowest BCUT2D eigenvalue weighted by Crippen LogP contribution is -2.46. The molecule has 2 N–H and O–H groups in total. The molecular formula is C15H20N2O3. The predicted molar refractivity (Wildman–Crippen MR) is 76.4 cm³/mol. The molecular weight excluding hydrogens is 256 g/mol. The lowest BCUT2D eigenvalue weighted by atomic mass is 10.1. The normalized spacial score (nSPS) is 10.8. The summed E-state index contributed by atoms with van der Waals surface area (Å²) in [6.45, 7) is 7.19. The van der Waals surface area contributed by atoms with Gasteiger partial charge in [0.15, 0.2) is 0 Å². The van der Waals surface area contributed by atoms with Gasteiger partial charge in [-0.2, -0.15) is 0 Å². The lowest BCUT2D eigenvalue weighted by Gasteiger charge is -2.20. The first kappa shape index (κ1) is 15.9. The summed E-state index contributed by atoms with van der Waals surface area (Å²) >= 11 is 0. The number of carbonyl (C=O) groups excluding carboxylic acids is 3. The largest absolute Gasteiger partial charge is 0.350 e. The van der Waals surface area contributed by atoms with Crippen LogP contribution in [-0.2, 0) is 9.59 Å². The smallest absolute Gasteiger partial charge is 0.292 e. The zero-order chi connectivity index (χ0) is 15.3. The minimum Gasteiger partial charge on any atom is -0.350 e. The molecule has 0 heterocycles. The van der Waals surface area contributed by atoms with Crippen molar-refractivity contribution < 1.29 is 14.4 Å². The van der Waals surface area contributed by atoms with Crippen LogP contribution in [0.4, 0.5) is 0 Å². The van der Waals surface area contributed by atoms with E-state index >= 15 is 0 Å². The first-order valence-corrected chi connectivity index (χ1v) is 6.39. The second kappa shape index (κ2) is 6.32. The number of nitrogens with one attached hydrogen (secondary N) is 2. The maximum Gasteiger partial charge on any atom is 0.292 e. The number of aryl methyl sites for hydroxylation is 1. The van der Waals surface area contributed by atoms with E-state index in [-0.39, 0.29) is 18.0 Å². The molecule has 20 heavy (non-hydrogen) atoms. The maximum absolute atomic E-state index is 11.8. The third kappa shape index (κ3) is 5.22. The third-order valence-electron chi connectivity index (χ3n) is 2.44. The van der Waals surface area contributed by atoms with Crippen LogP contribution in [0.25, 0.3) is 0 Å². The molecule has 0 unspecified atom stereocenters. The van der Waals surface area contributed by atoms with E-state index in [9.17, 15) is 14.4 Å². The number of Topliss-reactive ketones (excluding diaryl/α,β-unsaturated/α-hetero) is 1. The molecule has 1 rings (SSSR count). The molecule has 2 amide bonds. The SMILES string of the molecule is Cc1ccc(C(=O)C(=O)NCC(=O)NC(C)(C)C)cc1. The summed E-state index contributed by atoms with van der Waals surface area (Å²) in [5.74, 6) is -1.76. The van der Waals surface area contributed by atoms with Crippen molar-refractivity contribution >= 4 is 17.6 Å². The van der Waals surface area contributed by atoms with Gasteiger partial charge in [0, 0.05) is 11.1 Å². The molecule has 1 aromatic carbocycles. The van der Waals surface area contributed by atoms with E-state index in [4.69, 9.17) is 0 Å². The first-order valence-electron chi connectivity index (χ1n) is 6.39. The van der Waals surface area contributed by atoms with Crippen molar-refractivity contribution in [3.8, 4) is 0 Å². The molecule has 0 spiro atoms. The van der Waals surface area contributed by atoms with Crippen LogP contribution in [0, 0.1) is 6.92 Å². The van der Waals surface area contributed by atoms with Crippen molar-refractivity contribution in [2.75, 3.05) is 6.54 Å². The van der Waals surface area contributed by atoms with Gasteiger partial charge >= 0.3 is 0 Å². The van der Waals surface area contributed by atoms with E-state index in [1.807, 2.05) is 27.7 Å². The Kier molecular flexibility index (Phi) is 5.02. The highest BCUT2D eigenvalue weighted by Crippen LogP contribution is 2.04. The summed E-state index contributed by atoms with van der Waals surface area (Å²) in [5, 5.41) is 5.01. The van der Waals surface area contributed by atoms with Gasteiger partial charge in [0.1, 0.15) is 0 Å². The maximum atomic E-state index is 11.8. The highest BCUT2D eigenvalue weighted by atomic mass is 16.2. The van der Waals surface area contributed by atoms with Gasteiger partial charge in [0.25, 0.3) is 5.91 Å². The highest BCUT2D eigenvalue weighted by Gasteiger charge is 2.18. The van der Waals surface area contributed by atoms with E-state index in [0.29, 0.717) is 5.56 Å². The Morgan fingerprint density at radius 1 is 1.05 bits per heavy atom. The van der Waals surface area contributed by atoms with Gasteiger partial charge in [0.2, 0.25) is 11.7 Å². The number of hydrogen-bond donors (Lipinski definition) is 2. The molecule has 0 aliphatic heterocycles. The summed E-state index contributed by atoms with van der Waals surface area (Å²) in [7, 11) is 0. The number of hydrogen-bond acceptors (Lipinski definition) is 3. The summed E-state index contributed by atoms with van der Waals surface area (Å²) in [6.07, 6.45) is 0. The molecule has 0 saturated heterocycles. The van der Waals surface area contributed by atoms with Gasteiger partial charge in [0.05, 0.1) is 6.54 Å². The fraction of sp³-hybridized carbons (Fsp3) is 0.400. The van der Waals surface area contributed by atoms with E-state index in [0.717, 1.165) is 5.56 Å². The Morgan fingerprint density at radius 3 is 2.10 bits per heavy atom. The van der Waals surface area contributed by atoms with Crippen LogP contribution >= 0.6 is 0 Å². The molecule has 108 valence electrons. The van der Waals surface area contributed by atoms with Gasteiger partial charge in [-0.1, -0.05) is 29.8 Å². The fourth-order valence-corrected chi connectivity index (χ4v) is 1.54. The van der Waals surface area contributed by atoms with E-state index < -0.39 is 11.7 Å². The van der Waals surface area contributed by atoms with Crippen LogP contribution < -0.4 is 10.6 Å². The summed E-state index contributed by atoms with van der Waals surface area (Å²) < 4.78 is 0. The molecule has 0 aliphatic carbocycles. The van der Waals surface area contributed by atoms with Gasteiger partial charge in [-0.05, 0) is 27.7 Å². The predicted octanol–water partition coefficient (Wildman–Crippen LogP) is 1.21. The van der Waals surface area contributed by atoms with Crippen molar-refractivity contribution in [2.24, 2.45) is 0 Å². The van der Waals surface area contributed by atoms with Gasteiger partial charge < -0.3 is 10.6 Å². The molecule has 0 aliphatic rings. The summed E-state index contributed by atoms with van der Waals surface area (Å²) in [6, 6.07) is 6.69. The Balaban J connectivity index is 2.53. The molecule has 5 heteroatoms. The van der Waals surface area contributed by atoms with Crippen molar-refractivity contribution in [3.05, 3.63) is 35.4 Å². The molecule has 5 nitrogen and oxygen atoms in total. The summed E-state index contributed by atoms with van der Waals surface area (Å²) in [5.41, 5.74) is 0.943. The van der Waals surface area contributed by atoms with E-state index in [1.54, 1.807) is 24.3 Å². The monoisotopic (exact) mass is 276 g/mol. The molecule has 0 saturated carbocycles. The van der Waals surface area contributed by atoms with Crippen molar-refractivity contribution in [1.82, 2.24) is 10.6 Å². The lowest BCUT2D eigenvalue weighted by molar-refractivity contribution is -0.125. The fourth-order valence-electron chi connectivity index (χ4n) is 1.54. The van der Waals surface area contributed by atoms with E-state index in [1.165, 1.54) is 0 Å². The number of amides is 2. The zero-order valence-electron chi connectivity index (χ0n) is 12.2. The highest BCUT2D eigenvalue weighted by molar-refractivity contribution is 6.43. The van der Waals surface area contributed by atoms with E-state index in [2.05, 4.69) is 10.6 Å². The van der Waals surface area contributed by atoms with Crippen LogP contribution in [0.5, 0.6) is 0 Å². The number of carbonyl (C=O) groups is 3. The number of benzene rings is 1. The molecule has 0 bridgehead atoms. The third-order valence-corrected chi connectivity index (χ3v) is 2.44. The molecule has 0 atom stereocenters. The zero-order valence-corrected chi connectivity index (χ0v) is 12.2. The average molecular weight is 276 g/mol. The van der Waals surface area contributed by atoms with Crippen LogP contribution in [0.15, 0.2) is 24.3 Å². The van der Waals surface area contributed by atoms with Crippen molar-refractivity contribution in [2.45, 2.75) is 33.2 Å². The topological polar surface area (TPSA) is 75.3 Å². The molecule has 0 radical (unpaired) electrons. The quantitative estimate of drug-likeness (QED) is 0.641. The first-order chi connectivity index (χ1) is 9.19. The Hall–Kier alpha value is -2.17. The Bertz CT molecular complexity index is 513. The van der Waals surface area contributed by atoms with Gasteiger partial charge in [-0.25, -0.2) is 0 Å². The Labute approximate surface area is 118 Å². The van der Waals surface area contributed by atoms with Crippen LogP contribution in [0.3, 0.4) is 0 Å². The number of rotatable bonds is 4. The van der Waals surface area contributed by atoms with Crippen LogP contribution in [0.1, 0.15) is 36.7 Å². The van der Waals surface area contributed by atoms with Gasteiger partial charge in [-0.3, -0.25) is 14.4 Å². The number of ketones is 1. The summed E-state index contributed by atoms with van der Waals surface area (Å²) in [4.78, 5) is 35.0. The molecule has 0 aromatic heterocycles. The van der Waals surface area contributed by atoms with Crippen molar-refractivity contribution in [3.63, 3.8) is 0 Å². The minimum atomic E-state index is -0.780. The second-order valence-electron chi connectivity index (χ2n) is 5.68. The van der Waals surface area contributed by atoms with Gasteiger partial charge in [-0.15, -0.1) is 0 Å².